The fraction of sp³-hybridized carbons (Fsp3) is 0.833. The summed E-state index contributed by atoms with van der Waals surface area (Å²) in [5, 5.41) is 7.94. The molecule has 4 amide bonds. The average molecular weight is 333 g/mol. The van der Waals surface area contributed by atoms with E-state index in [1.807, 2.05) is 0 Å². The molecule has 5 fully saturated rings. The molecule has 4 aliphatic carbocycles. The Hall–Kier alpha value is -1.59. The van der Waals surface area contributed by atoms with Crippen LogP contribution in [0.25, 0.3) is 0 Å². The highest BCUT2D eigenvalue weighted by Crippen LogP contribution is 2.61. The van der Waals surface area contributed by atoms with E-state index in [9.17, 15) is 14.4 Å². The lowest BCUT2D eigenvalue weighted by Gasteiger charge is -2.59. The molecule has 132 valence electrons. The molecule has 5 aliphatic rings. The molecule has 1 aliphatic heterocycles. The fourth-order valence-corrected chi connectivity index (χ4v) is 6.11. The fourth-order valence-electron chi connectivity index (χ4n) is 6.11. The van der Waals surface area contributed by atoms with E-state index >= 15 is 0 Å². The van der Waals surface area contributed by atoms with E-state index in [4.69, 9.17) is 0 Å². The van der Waals surface area contributed by atoms with Crippen molar-refractivity contribution in [1.29, 1.82) is 0 Å². The third-order valence-corrected chi connectivity index (χ3v) is 6.90. The number of nitrogens with one attached hydrogen (secondary N) is 3. The van der Waals surface area contributed by atoms with Crippen molar-refractivity contribution < 1.29 is 14.4 Å². The molecular weight excluding hydrogens is 306 g/mol. The monoisotopic (exact) mass is 333 g/mol. The second-order valence-electron chi connectivity index (χ2n) is 8.62. The Morgan fingerprint density at radius 1 is 1.17 bits per heavy atom. The third kappa shape index (κ3) is 2.80. The van der Waals surface area contributed by atoms with Gasteiger partial charge in [0.1, 0.15) is 6.04 Å². The van der Waals surface area contributed by atoms with E-state index in [0.29, 0.717) is 11.8 Å². The van der Waals surface area contributed by atoms with Crippen LogP contribution >= 0.6 is 0 Å². The van der Waals surface area contributed by atoms with Crippen LogP contribution in [0.2, 0.25) is 0 Å². The van der Waals surface area contributed by atoms with Crippen molar-refractivity contribution in [3.8, 4) is 0 Å². The number of imide groups is 1. The largest absolute Gasteiger partial charge is 0.353 e. The summed E-state index contributed by atoms with van der Waals surface area (Å²) >= 11 is 0. The van der Waals surface area contributed by atoms with Crippen molar-refractivity contribution in [2.45, 2.75) is 70.4 Å². The molecule has 24 heavy (non-hydrogen) atoms. The van der Waals surface area contributed by atoms with Crippen molar-refractivity contribution >= 4 is 17.8 Å². The zero-order valence-corrected chi connectivity index (χ0v) is 14.3. The van der Waals surface area contributed by atoms with Crippen molar-refractivity contribution in [3.05, 3.63) is 0 Å². The molecule has 1 saturated heterocycles. The Morgan fingerprint density at radius 3 is 2.25 bits per heavy atom. The zero-order valence-electron chi connectivity index (χ0n) is 14.3. The molecule has 4 bridgehead atoms. The van der Waals surface area contributed by atoms with E-state index in [2.05, 4.69) is 22.9 Å². The van der Waals surface area contributed by atoms with Gasteiger partial charge in [-0.15, -0.1) is 0 Å². The summed E-state index contributed by atoms with van der Waals surface area (Å²) in [6.07, 6.45) is 8.62. The van der Waals surface area contributed by atoms with Gasteiger partial charge in [-0.2, -0.15) is 0 Å². The maximum atomic E-state index is 12.3. The number of carbonyl (C=O) groups is 3. The van der Waals surface area contributed by atoms with Crippen molar-refractivity contribution in [2.24, 2.45) is 23.2 Å². The molecule has 4 saturated carbocycles. The van der Waals surface area contributed by atoms with Crippen LogP contribution in [0.1, 0.15) is 58.3 Å². The van der Waals surface area contributed by atoms with Crippen LogP contribution in [0.15, 0.2) is 0 Å². The number of amides is 4. The van der Waals surface area contributed by atoms with Gasteiger partial charge < -0.3 is 10.6 Å². The number of urea groups is 1. The zero-order chi connectivity index (χ0) is 16.9. The van der Waals surface area contributed by atoms with Gasteiger partial charge in [0.15, 0.2) is 0 Å². The maximum Gasteiger partial charge on any atom is 0.322 e. The Morgan fingerprint density at radius 2 is 1.75 bits per heavy atom. The summed E-state index contributed by atoms with van der Waals surface area (Å²) in [5.41, 5.74) is 0.295. The lowest BCUT2D eigenvalue weighted by molar-refractivity contribution is -0.126. The van der Waals surface area contributed by atoms with Gasteiger partial charge in [0.25, 0.3) is 5.91 Å². The van der Waals surface area contributed by atoms with E-state index in [0.717, 1.165) is 17.8 Å². The molecular formula is C18H27N3O3. The molecule has 0 unspecified atom stereocenters. The standard InChI is InChI=1S/C18H27N3O3/c1-10(18-7-11-4-12(8-18)6-13(5-11)9-18)19-15(22)3-2-14-16(23)21-17(24)20-14/h10-14H,2-9H2,1H3,(H,19,22)(H2,20,21,23,24)/t10-,11?,12?,13?,14+,18?/m1/s1. The smallest absolute Gasteiger partial charge is 0.322 e. The molecule has 6 nitrogen and oxygen atoms in total. The van der Waals surface area contributed by atoms with Gasteiger partial charge >= 0.3 is 6.03 Å². The van der Waals surface area contributed by atoms with Crippen molar-refractivity contribution in [2.75, 3.05) is 0 Å². The molecule has 0 aromatic carbocycles. The Labute approximate surface area is 142 Å². The Bertz CT molecular complexity index is 539. The summed E-state index contributed by atoms with van der Waals surface area (Å²) < 4.78 is 0. The molecule has 2 atom stereocenters. The molecule has 0 radical (unpaired) electrons. The van der Waals surface area contributed by atoms with Gasteiger partial charge in [0.2, 0.25) is 5.91 Å². The van der Waals surface area contributed by atoms with E-state index in [-0.39, 0.29) is 24.3 Å². The molecule has 0 aromatic rings. The van der Waals surface area contributed by atoms with Crippen LogP contribution < -0.4 is 16.0 Å². The number of hydrogen-bond acceptors (Lipinski definition) is 3. The first-order chi connectivity index (χ1) is 11.4. The second-order valence-corrected chi connectivity index (χ2v) is 8.62. The highest BCUT2D eigenvalue weighted by Gasteiger charge is 2.53. The van der Waals surface area contributed by atoms with Crippen LogP contribution in [0.5, 0.6) is 0 Å². The minimum Gasteiger partial charge on any atom is -0.353 e. The Kier molecular flexibility index (Phi) is 3.81. The summed E-state index contributed by atoms with van der Waals surface area (Å²) in [5.74, 6) is 2.27. The topological polar surface area (TPSA) is 87.3 Å². The van der Waals surface area contributed by atoms with Crippen LogP contribution in [0.3, 0.4) is 0 Å². The maximum absolute atomic E-state index is 12.3. The van der Waals surface area contributed by atoms with Crippen molar-refractivity contribution in [1.82, 2.24) is 16.0 Å². The first-order valence-electron chi connectivity index (χ1n) is 9.34. The molecule has 0 spiro atoms. The lowest BCUT2D eigenvalue weighted by atomic mass is 9.48. The molecule has 1 heterocycles. The lowest BCUT2D eigenvalue weighted by Crippen LogP contribution is -2.55. The minimum atomic E-state index is -0.571. The predicted octanol–water partition coefficient (Wildman–Crippen LogP) is 1.70. The summed E-state index contributed by atoms with van der Waals surface area (Å²) in [7, 11) is 0. The molecule has 5 rings (SSSR count). The SMILES string of the molecule is C[C@@H](NC(=O)CC[C@@H]1NC(=O)NC1=O)C12CC3CC(CC(C3)C1)C2. The third-order valence-electron chi connectivity index (χ3n) is 6.90. The van der Waals surface area contributed by atoms with Crippen LogP contribution in [-0.2, 0) is 9.59 Å². The Balaban J connectivity index is 1.31. The van der Waals surface area contributed by atoms with Gasteiger partial charge in [-0.25, -0.2) is 4.79 Å². The molecule has 0 aromatic heterocycles. The van der Waals surface area contributed by atoms with Gasteiger partial charge in [-0.05, 0) is 75.0 Å². The quantitative estimate of drug-likeness (QED) is 0.669. The predicted molar refractivity (Wildman–Crippen MR) is 87.9 cm³/mol. The first-order valence-corrected chi connectivity index (χ1v) is 9.34. The van der Waals surface area contributed by atoms with Gasteiger partial charge in [0.05, 0.1) is 0 Å². The van der Waals surface area contributed by atoms with E-state index in [1.54, 1.807) is 0 Å². The summed E-state index contributed by atoms with van der Waals surface area (Å²) in [6, 6.07) is -0.837. The van der Waals surface area contributed by atoms with Gasteiger partial charge in [-0.3, -0.25) is 14.9 Å². The van der Waals surface area contributed by atoms with E-state index < -0.39 is 12.1 Å². The number of hydrogen-bond donors (Lipinski definition) is 3. The van der Waals surface area contributed by atoms with Crippen molar-refractivity contribution in [3.63, 3.8) is 0 Å². The second kappa shape index (κ2) is 5.74. The van der Waals surface area contributed by atoms with Crippen LogP contribution in [0, 0.1) is 23.2 Å². The van der Waals surface area contributed by atoms with Crippen LogP contribution in [0.4, 0.5) is 4.79 Å². The molecule has 6 heteroatoms. The normalized spacial score (nSPS) is 41.0. The summed E-state index contributed by atoms with van der Waals surface area (Å²) in [4.78, 5) is 35.0. The average Bonchev–Trinajstić information content (AvgIpc) is 2.81. The highest BCUT2D eigenvalue weighted by molar-refractivity contribution is 6.04. The van der Waals surface area contributed by atoms with Gasteiger partial charge in [-0.1, -0.05) is 0 Å². The van der Waals surface area contributed by atoms with E-state index in [1.165, 1.54) is 38.5 Å². The molecule has 3 N–H and O–H groups in total. The summed E-state index contributed by atoms with van der Waals surface area (Å²) in [6.45, 7) is 2.16. The minimum absolute atomic E-state index is 0.00723. The van der Waals surface area contributed by atoms with Crippen LogP contribution in [-0.4, -0.2) is 29.9 Å². The highest BCUT2D eigenvalue weighted by atomic mass is 16.2. The number of rotatable bonds is 5. The number of carbonyl (C=O) groups excluding carboxylic acids is 3. The van der Waals surface area contributed by atoms with Gasteiger partial charge in [0, 0.05) is 12.5 Å². The first kappa shape index (κ1) is 15.9.